The van der Waals surface area contributed by atoms with E-state index in [0.29, 0.717) is 5.56 Å². The van der Waals surface area contributed by atoms with Crippen LogP contribution in [0, 0.1) is 23.2 Å². The highest BCUT2D eigenvalue weighted by atomic mass is 16.5. The first-order valence-electron chi connectivity index (χ1n) is 9.31. The van der Waals surface area contributed by atoms with Crippen molar-refractivity contribution < 1.29 is 19.1 Å². The summed E-state index contributed by atoms with van der Waals surface area (Å²) in [5.74, 6) is -2.04. The highest BCUT2D eigenvalue weighted by Crippen LogP contribution is 2.16. The van der Waals surface area contributed by atoms with Gasteiger partial charge in [-0.2, -0.15) is 5.26 Å². The van der Waals surface area contributed by atoms with Crippen molar-refractivity contribution in [3.63, 3.8) is 0 Å². The van der Waals surface area contributed by atoms with Gasteiger partial charge in [-0.15, -0.1) is 0 Å². The number of nitriles is 1. The second kappa shape index (κ2) is 9.88. The van der Waals surface area contributed by atoms with Crippen molar-refractivity contribution in [3.05, 3.63) is 35.9 Å². The van der Waals surface area contributed by atoms with E-state index >= 15 is 0 Å². The summed E-state index contributed by atoms with van der Waals surface area (Å²) in [4.78, 5) is 37.3. The summed E-state index contributed by atoms with van der Waals surface area (Å²) in [5, 5.41) is 14.6. The molecule has 152 valence electrons. The Hall–Kier alpha value is -2.88. The Bertz CT molecular complexity index is 740. The molecule has 0 unspecified atom stereocenters. The van der Waals surface area contributed by atoms with Crippen molar-refractivity contribution in [3.8, 4) is 6.07 Å². The topological polar surface area (TPSA) is 108 Å². The van der Waals surface area contributed by atoms with Gasteiger partial charge < -0.3 is 15.4 Å². The summed E-state index contributed by atoms with van der Waals surface area (Å²) in [6, 6.07) is 9.69. The maximum Gasteiger partial charge on any atom is 0.329 e. The second-order valence-corrected chi connectivity index (χ2v) is 7.60. The van der Waals surface area contributed by atoms with Crippen LogP contribution in [0.1, 0.15) is 51.9 Å². The predicted molar refractivity (Wildman–Crippen MR) is 105 cm³/mol. The lowest BCUT2D eigenvalue weighted by molar-refractivity contribution is -0.158. The molecule has 28 heavy (non-hydrogen) atoms. The molecule has 0 fully saturated rings. The third kappa shape index (κ3) is 6.08. The molecule has 3 atom stereocenters. The zero-order valence-corrected chi connectivity index (χ0v) is 17.3. The molecule has 1 aromatic carbocycles. The summed E-state index contributed by atoms with van der Waals surface area (Å²) >= 11 is 0. The number of carbonyl (C=O) groups is 3. The Morgan fingerprint density at radius 1 is 1.07 bits per heavy atom. The van der Waals surface area contributed by atoms with Gasteiger partial charge in [0, 0.05) is 5.56 Å². The number of carbonyl (C=O) groups excluding carboxylic acids is 3. The molecule has 2 amide bonds. The van der Waals surface area contributed by atoms with Crippen molar-refractivity contribution in [1.29, 1.82) is 5.26 Å². The molecule has 2 N–H and O–H groups in total. The van der Waals surface area contributed by atoms with E-state index in [1.165, 1.54) is 6.92 Å². The lowest BCUT2D eigenvalue weighted by atomic mass is 9.90. The summed E-state index contributed by atoms with van der Waals surface area (Å²) in [6.07, 6.45) is -1.10. The van der Waals surface area contributed by atoms with Gasteiger partial charge in [-0.25, -0.2) is 4.79 Å². The van der Waals surface area contributed by atoms with Crippen LogP contribution in [0.4, 0.5) is 0 Å². The number of ether oxygens (including phenoxy) is 1. The van der Waals surface area contributed by atoms with Crippen LogP contribution in [-0.4, -0.2) is 35.5 Å². The molecule has 7 nitrogen and oxygen atoms in total. The van der Waals surface area contributed by atoms with Gasteiger partial charge in [-0.3, -0.25) is 9.59 Å². The van der Waals surface area contributed by atoms with E-state index in [1.54, 1.807) is 51.1 Å². The molecule has 0 spiro atoms. The van der Waals surface area contributed by atoms with E-state index in [0.717, 1.165) is 0 Å². The fraction of sp³-hybridized carbons (Fsp3) is 0.524. The molecule has 0 aliphatic carbocycles. The first-order valence-corrected chi connectivity index (χ1v) is 9.31. The van der Waals surface area contributed by atoms with E-state index in [2.05, 4.69) is 16.7 Å². The van der Waals surface area contributed by atoms with Crippen LogP contribution in [0.25, 0.3) is 0 Å². The van der Waals surface area contributed by atoms with Crippen LogP contribution in [0.5, 0.6) is 0 Å². The van der Waals surface area contributed by atoms with Gasteiger partial charge in [0.25, 0.3) is 11.8 Å². The second-order valence-electron chi connectivity index (χ2n) is 7.60. The molecule has 0 bridgehead atoms. The highest BCUT2D eigenvalue weighted by Gasteiger charge is 2.34. The summed E-state index contributed by atoms with van der Waals surface area (Å²) in [6.45, 7) is 10.2. The number of amides is 2. The minimum Gasteiger partial charge on any atom is -0.451 e. The maximum atomic E-state index is 12.6. The van der Waals surface area contributed by atoms with Gasteiger partial charge in [-0.05, 0) is 37.8 Å². The van der Waals surface area contributed by atoms with E-state index in [-0.39, 0.29) is 11.8 Å². The third-order valence-electron chi connectivity index (χ3n) is 4.68. The molecule has 0 aliphatic heterocycles. The van der Waals surface area contributed by atoms with Crippen molar-refractivity contribution in [2.75, 3.05) is 0 Å². The number of esters is 1. The van der Waals surface area contributed by atoms with Crippen LogP contribution in [-0.2, 0) is 14.3 Å². The third-order valence-corrected chi connectivity index (χ3v) is 4.68. The minimum absolute atomic E-state index is 0.127. The van der Waals surface area contributed by atoms with Crippen molar-refractivity contribution in [2.45, 2.75) is 59.2 Å². The van der Waals surface area contributed by atoms with E-state index < -0.39 is 35.5 Å². The van der Waals surface area contributed by atoms with Gasteiger partial charge in [0.05, 0.1) is 6.07 Å². The summed E-state index contributed by atoms with van der Waals surface area (Å²) in [5.41, 5.74) is -0.648. The zero-order valence-electron chi connectivity index (χ0n) is 17.3. The number of nitrogens with one attached hydrogen (secondary N) is 2. The van der Waals surface area contributed by atoms with Gasteiger partial charge in [0.2, 0.25) is 0 Å². The first-order chi connectivity index (χ1) is 13.0. The van der Waals surface area contributed by atoms with E-state index in [1.807, 2.05) is 13.8 Å². The molecule has 0 saturated carbocycles. The van der Waals surface area contributed by atoms with Crippen molar-refractivity contribution >= 4 is 17.8 Å². The summed E-state index contributed by atoms with van der Waals surface area (Å²) in [7, 11) is 0. The zero-order chi connectivity index (χ0) is 21.5. The Kier molecular flexibility index (Phi) is 8.17. The number of benzene rings is 1. The number of hydrogen-bond donors (Lipinski definition) is 2. The fourth-order valence-corrected chi connectivity index (χ4v) is 2.27. The quantitative estimate of drug-likeness (QED) is 0.666. The average Bonchev–Trinajstić information content (AvgIpc) is 2.65. The number of nitrogens with zero attached hydrogens (tertiary/aromatic N) is 1. The predicted octanol–water partition coefficient (Wildman–Crippen LogP) is 2.43. The average molecular weight is 387 g/mol. The van der Waals surface area contributed by atoms with Crippen LogP contribution in [0.3, 0.4) is 0 Å². The van der Waals surface area contributed by atoms with Crippen LogP contribution in [0.15, 0.2) is 30.3 Å². The van der Waals surface area contributed by atoms with Crippen LogP contribution in [0.2, 0.25) is 0 Å². The van der Waals surface area contributed by atoms with E-state index in [4.69, 9.17) is 4.74 Å². The summed E-state index contributed by atoms with van der Waals surface area (Å²) < 4.78 is 5.27. The standard InChI is InChI=1S/C21H29N3O4/c1-13(2)17(23-19(26)16-10-8-7-9-11-16)20(27)28-15(5)18(25)24-21(6,12-22)14(3)4/h7-11,13-15,17H,1-6H3,(H,23,26)(H,24,25)/t15-,17+,21+/m0/s1. The van der Waals surface area contributed by atoms with Crippen molar-refractivity contribution in [2.24, 2.45) is 11.8 Å². The molecule has 0 heterocycles. The molecule has 0 radical (unpaired) electrons. The molecule has 7 heteroatoms. The Labute approximate surface area is 166 Å². The molecule has 1 aromatic rings. The Balaban J connectivity index is 2.79. The van der Waals surface area contributed by atoms with Crippen LogP contribution < -0.4 is 10.6 Å². The highest BCUT2D eigenvalue weighted by molar-refractivity contribution is 5.97. The van der Waals surface area contributed by atoms with E-state index in [9.17, 15) is 19.6 Å². The molecule has 0 aromatic heterocycles. The van der Waals surface area contributed by atoms with Gasteiger partial charge in [0.15, 0.2) is 6.10 Å². The lowest BCUT2D eigenvalue weighted by Crippen LogP contribution is -2.53. The smallest absolute Gasteiger partial charge is 0.329 e. The van der Waals surface area contributed by atoms with Gasteiger partial charge in [0.1, 0.15) is 11.6 Å². The normalized spacial score (nSPS) is 15.1. The molecule has 0 aliphatic rings. The SMILES string of the molecule is CC(C)[C@@H](NC(=O)c1ccccc1)C(=O)O[C@@H](C)C(=O)N[C@](C)(C#N)C(C)C. The lowest BCUT2D eigenvalue weighted by Gasteiger charge is -2.29. The fourth-order valence-electron chi connectivity index (χ4n) is 2.27. The van der Waals surface area contributed by atoms with Gasteiger partial charge >= 0.3 is 5.97 Å². The van der Waals surface area contributed by atoms with Crippen molar-refractivity contribution in [1.82, 2.24) is 10.6 Å². The molecular formula is C21H29N3O4. The van der Waals surface area contributed by atoms with Crippen LogP contribution >= 0.6 is 0 Å². The Morgan fingerprint density at radius 2 is 1.64 bits per heavy atom. The number of hydrogen-bond acceptors (Lipinski definition) is 5. The monoisotopic (exact) mass is 387 g/mol. The van der Waals surface area contributed by atoms with Gasteiger partial charge in [-0.1, -0.05) is 45.9 Å². The molecule has 1 rings (SSSR count). The molecular weight excluding hydrogens is 358 g/mol. The first kappa shape index (κ1) is 23.2. The molecule has 0 saturated heterocycles. The maximum absolute atomic E-state index is 12.6. The largest absolute Gasteiger partial charge is 0.451 e. The number of rotatable bonds is 8. The Morgan fingerprint density at radius 3 is 2.11 bits per heavy atom. The minimum atomic E-state index is -1.10.